The minimum Gasteiger partial charge on any atom is -0.494 e. The average Bonchev–Trinajstić information content (AvgIpc) is 2.92. The van der Waals surface area contributed by atoms with Gasteiger partial charge < -0.3 is 36.3 Å². The highest BCUT2D eigenvalue weighted by molar-refractivity contribution is 5.89. The van der Waals surface area contributed by atoms with Crippen molar-refractivity contribution >= 4 is 17.9 Å². The Morgan fingerprint density at radius 2 is 1.79 bits per heavy atom. The van der Waals surface area contributed by atoms with Crippen molar-refractivity contribution in [3.05, 3.63) is 65.7 Å². The van der Waals surface area contributed by atoms with E-state index in [9.17, 15) is 19.5 Å². The van der Waals surface area contributed by atoms with Crippen LogP contribution in [0.5, 0.6) is 5.75 Å². The third-order valence-corrected chi connectivity index (χ3v) is 6.48. The summed E-state index contributed by atoms with van der Waals surface area (Å²) in [5.41, 5.74) is 7.38. The van der Waals surface area contributed by atoms with Crippen LogP contribution in [0, 0.1) is 0 Å². The Hall–Kier alpha value is -3.63. The number of nitrogens with two attached hydrogens (primary N) is 1. The molecule has 10 nitrogen and oxygen atoms in total. The standard InChI is InChI=1S/C29H40N4O6/c30-15-5-4-10-25(28(35)36)32-29(37)33-26-19-22-11-13-24(14-12-22)39-17-7-6-16-38-20-23(31-27(26)34)18-21-8-2-1-3-9-21/h1-3,8-9,11-14,23,25-26H,4-7,10,15-20,30H2,(H,31,34)(H,35,36)(H2,32,33,37)/t23-,25?,26+/m0/s1. The number of carboxylic acids is 1. The van der Waals surface area contributed by atoms with E-state index in [4.69, 9.17) is 15.2 Å². The molecule has 2 aromatic rings. The Bertz CT molecular complexity index is 1030. The van der Waals surface area contributed by atoms with Crippen LogP contribution >= 0.6 is 0 Å². The summed E-state index contributed by atoms with van der Waals surface area (Å²) in [4.78, 5) is 38.0. The monoisotopic (exact) mass is 540 g/mol. The predicted octanol–water partition coefficient (Wildman–Crippen LogP) is 2.40. The first-order valence-electron chi connectivity index (χ1n) is 13.6. The van der Waals surface area contributed by atoms with E-state index in [-0.39, 0.29) is 24.8 Å². The molecule has 0 fully saturated rings. The number of nitrogens with one attached hydrogen (secondary N) is 3. The minimum absolute atomic E-state index is 0.212. The lowest BCUT2D eigenvalue weighted by Crippen LogP contribution is -2.56. The molecule has 4 rings (SSSR count). The van der Waals surface area contributed by atoms with Gasteiger partial charge in [0.05, 0.1) is 19.3 Å². The smallest absolute Gasteiger partial charge is 0.326 e. The molecule has 0 aromatic heterocycles. The molecular weight excluding hydrogens is 500 g/mol. The second kappa shape index (κ2) is 16.4. The van der Waals surface area contributed by atoms with Crippen LogP contribution in [0.1, 0.15) is 43.2 Å². The van der Waals surface area contributed by atoms with Gasteiger partial charge in [-0.1, -0.05) is 42.5 Å². The lowest BCUT2D eigenvalue weighted by Gasteiger charge is -2.25. The first kappa shape index (κ1) is 29.9. The van der Waals surface area contributed by atoms with Gasteiger partial charge >= 0.3 is 12.0 Å². The molecule has 2 aliphatic rings. The van der Waals surface area contributed by atoms with Crippen molar-refractivity contribution in [2.45, 2.75) is 63.1 Å². The van der Waals surface area contributed by atoms with E-state index in [1.165, 1.54) is 0 Å². The molecule has 212 valence electrons. The zero-order valence-electron chi connectivity index (χ0n) is 22.3. The van der Waals surface area contributed by atoms with Gasteiger partial charge in [0, 0.05) is 13.0 Å². The Balaban J connectivity index is 1.77. The van der Waals surface area contributed by atoms with Crippen LogP contribution < -0.4 is 26.4 Å². The molecule has 6 N–H and O–H groups in total. The van der Waals surface area contributed by atoms with Gasteiger partial charge in [0.2, 0.25) is 5.91 Å². The maximum absolute atomic E-state index is 13.5. The van der Waals surface area contributed by atoms with Crippen molar-refractivity contribution in [3.8, 4) is 5.75 Å². The number of hydrogen-bond acceptors (Lipinski definition) is 6. The third-order valence-electron chi connectivity index (χ3n) is 6.48. The molecule has 2 aliphatic heterocycles. The highest BCUT2D eigenvalue weighted by Gasteiger charge is 2.27. The summed E-state index contributed by atoms with van der Waals surface area (Å²) >= 11 is 0. The topological polar surface area (TPSA) is 152 Å². The molecule has 2 aromatic carbocycles. The van der Waals surface area contributed by atoms with Gasteiger partial charge in [0.25, 0.3) is 0 Å². The van der Waals surface area contributed by atoms with Crippen LogP contribution in [0.25, 0.3) is 0 Å². The number of carbonyl (C=O) groups is 3. The van der Waals surface area contributed by atoms with Crippen LogP contribution in [0.15, 0.2) is 54.6 Å². The zero-order valence-corrected chi connectivity index (χ0v) is 22.3. The Kier molecular flexibility index (Phi) is 12.5. The van der Waals surface area contributed by atoms with Crippen molar-refractivity contribution in [1.29, 1.82) is 0 Å². The first-order chi connectivity index (χ1) is 18.9. The molecule has 2 heterocycles. The highest BCUT2D eigenvalue weighted by atomic mass is 16.5. The van der Waals surface area contributed by atoms with Crippen molar-refractivity contribution in [2.75, 3.05) is 26.4 Å². The first-order valence-corrected chi connectivity index (χ1v) is 13.6. The van der Waals surface area contributed by atoms with Crippen LogP contribution in [0.2, 0.25) is 0 Å². The van der Waals surface area contributed by atoms with Crippen molar-refractivity contribution in [2.24, 2.45) is 5.73 Å². The van der Waals surface area contributed by atoms with E-state index in [2.05, 4.69) is 16.0 Å². The lowest BCUT2D eigenvalue weighted by molar-refractivity contribution is -0.139. The summed E-state index contributed by atoms with van der Waals surface area (Å²) in [7, 11) is 0. The molecular formula is C29H40N4O6. The van der Waals surface area contributed by atoms with Crippen molar-refractivity contribution in [1.82, 2.24) is 16.0 Å². The number of fused-ring (bicyclic) bond motifs is 13. The van der Waals surface area contributed by atoms with Crippen LogP contribution in [0.4, 0.5) is 4.79 Å². The number of carboxylic acid groups (broad SMARTS) is 1. The highest BCUT2D eigenvalue weighted by Crippen LogP contribution is 2.15. The molecule has 0 aliphatic carbocycles. The second-order valence-corrected chi connectivity index (χ2v) is 9.72. The minimum atomic E-state index is -1.14. The number of amides is 3. The van der Waals surface area contributed by atoms with Gasteiger partial charge in [0.15, 0.2) is 0 Å². The summed E-state index contributed by atoms with van der Waals surface area (Å²) in [5, 5.41) is 17.8. The van der Waals surface area contributed by atoms with E-state index in [0.717, 1.165) is 29.7 Å². The van der Waals surface area contributed by atoms with E-state index >= 15 is 0 Å². The normalized spacial score (nSPS) is 19.4. The zero-order chi connectivity index (χ0) is 27.9. The van der Waals surface area contributed by atoms with E-state index in [1.807, 2.05) is 54.6 Å². The van der Waals surface area contributed by atoms with Gasteiger partial charge in [-0.05, 0) is 68.3 Å². The number of aliphatic carboxylic acids is 1. The number of ether oxygens (including phenoxy) is 2. The molecule has 0 saturated carbocycles. The molecule has 2 bridgehead atoms. The maximum atomic E-state index is 13.5. The van der Waals surface area contributed by atoms with Crippen molar-refractivity contribution in [3.63, 3.8) is 0 Å². The number of hydrogen-bond donors (Lipinski definition) is 5. The maximum Gasteiger partial charge on any atom is 0.326 e. The quantitative estimate of drug-likeness (QED) is 0.306. The summed E-state index contributed by atoms with van der Waals surface area (Å²) in [6.07, 6.45) is 3.91. The Morgan fingerprint density at radius 1 is 1.05 bits per heavy atom. The van der Waals surface area contributed by atoms with Crippen LogP contribution in [-0.2, 0) is 27.2 Å². The number of rotatable bonds is 9. The van der Waals surface area contributed by atoms with Crippen LogP contribution in [-0.4, -0.2) is 67.5 Å². The fourth-order valence-electron chi connectivity index (χ4n) is 4.35. The Labute approximate surface area is 229 Å². The molecule has 10 heteroatoms. The fraction of sp³-hybridized carbons (Fsp3) is 0.483. The predicted molar refractivity (Wildman–Crippen MR) is 148 cm³/mol. The third kappa shape index (κ3) is 10.9. The van der Waals surface area contributed by atoms with Gasteiger partial charge in [-0.3, -0.25) is 4.79 Å². The van der Waals surface area contributed by atoms with Crippen molar-refractivity contribution < 1.29 is 29.0 Å². The lowest BCUT2D eigenvalue weighted by atomic mass is 10.0. The number of unbranched alkanes of at least 4 members (excludes halogenated alkanes) is 1. The fourth-order valence-corrected chi connectivity index (χ4v) is 4.35. The summed E-state index contributed by atoms with van der Waals surface area (Å²) < 4.78 is 11.7. The number of carbonyl (C=O) groups excluding carboxylic acids is 2. The molecule has 0 radical (unpaired) electrons. The number of urea groups is 1. The SMILES string of the molecule is NCCCCC(NC(=O)N[C@@H]1Cc2ccc(cc2)OCCCCOC[C@H](Cc2ccccc2)NC1=O)C(=O)O. The van der Waals surface area contributed by atoms with E-state index < -0.39 is 24.1 Å². The van der Waals surface area contributed by atoms with E-state index in [1.54, 1.807) is 0 Å². The second-order valence-electron chi connectivity index (χ2n) is 9.72. The largest absolute Gasteiger partial charge is 0.494 e. The average molecular weight is 541 g/mol. The molecule has 0 spiro atoms. The van der Waals surface area contributed by atoms with E-state index in [0.29, 0.717) is 45.6 Å². The summed E-state index contributed by atoms with van der Waals surface area (Å²) in [6, 6.07) is 14.1. The Morgan fingerprint density at radius 3 is 2.51 bits per heavy atom. The summed E-state index contributed by atoms with van der Waals surface area (Å²) in [6.45, 7) is 1.87. The molecule has 3 amide bonds. The van der Waals surface area contributed by atoms with Gasteiger partial charge in [-0.15, -0.1) is 0 Å². The molecule has 3 atom stereocenters. The molecule has 39 heavy (non-hydrogen) atoms. The van der Waals surface area contributed by atoms with Gasteiger partial charge in [0.1, 0.15) is 17.8 Å². The molecule has 0 saturated heterocycles. The number of benzene rings is 2. The van der Waals surface area contributed by atoms with Gasteiger partial charge in [-0.25, -0.2) is 9.59 Å². The van der Waals surface area contributed by atoms with Gasteiger partial charge in [-0.2, -0.15) is 0 Å². The van der Waals surface area contributed by atoms with Crippen LogP contribution in [0.3, 0.4) is 0 Å². The molecule has 1 unspecified atom stereocenters. The summed E-state index contributed by atoms with van der Waals surface area (Å²) in [5.74, 6) is -0.791.